The highest BCUT2D eigenvalue weighted by Gasteiger charge is 2.10. The molecule has 0 spiro atoms. The number of hydrogen-bond acceptors (Lipinski definition) is 3. The van der Waals surface area contributed by atoms with Crippen molar-refractivity contribution in [1.82, 2.24) is 14.7 Å². The van der Waals surface area contributed by atoms with Gasteiger partial charge in [-0.1, -0.05) is 12.1 Å². The minimum Gasteiger partial charge on any atom is -0.383 e. The molecule has 0 fully saturated rings. The average molecular weight is 357 g/mol. The van der Waals surface area contributed by atoms with E-state index in [2.05, 4.69) is 10.00 Å². The average Bonchev–Trinajstić information content (AvgIpc) is 3.10. The summed E-state index contributed by atoms with van der Waals surface area (Å²) in [5.41, 5.74) is 2.88. The first-order valence-corrected chi connectivity index (χ1v) is 8.39. The second-order valence-corrected chi connectivity index (χ2v) is 6.10. The maximum atomic E-state index is 13.1. The molecule has 136 valence electrons. The van der Waals surface area contributed by atoms with Gasteiger partial charge in [0.1, 0.15) is 11.6 Å². The van der Waals surface area contributed by atoms with Crippen molar-refractivity contribution in [2.75, 3.05) is 20.3 Å². The lowest BCUT2D eigenvalue weighted by Crippen LogP contribution is -2.26. The number of nitrogens with zero attached hydrogens (tertiary/aromatic N) is 3. The highest BCUT2D eigenvalue weighted by molar-refractivity contribution is 5.31. The van der Waals surface area contributed by atoms with E-state index in [0.717, 1.165) is 23.4 Å². The maximum absolute atomic E-state index is 13.1. The molecule has 1 aromatic heterocycles. The van der Waals surface area contributed by atoms with Gasteiger partial charge in [0.05, 0.1) is 18.5 Å². The zero-order valence-electron chi connectivity index (χ0n) is 14.6. The Morgan fingerprint density at radius 1 is 0.923 bits per heavy atom. The molecule has 0 amide bonds. The molecule has 0 radical (unpaired) electrons. The Kier molecular flexibility index (Phi) is 6.09. The summed E-state index contributed by atoms with van der Waals surface area (Å²) in [5, 5.41) is 4.35. The Labute approximate surface area is 151 Å². The van der Waals surface area contributed by atoms with Crippen LogP contribution in [0.15, 0.2) is 60.9 Å². The standard InChI is InChI=1S/C20H21F2N3O/c1-26-11-10-24(13-16-2-4-18(21)5-3-16)14-17-12-23-25(15-17)20-8-6-19(22)7-9-20/h2-9,12,15H,10-11,13-14H2,1H3. The third-order valence-electron chi connectivity index (χ3n) is 4.06. The second-order valence-electron chi connectivity index (χ2n) is 6.10. The predicted molar refractivity (Wildman–Crippen MR) is 95.9 cm³/mol. The van der Waals surface area contributed by atoms with Crippen molar-refractivity contribution in [3.05, 3.63) is 83.7 Å². The van der Waals surface area contributed by atoms with E-state index in [1.54, 1.807) is 42.3 Å². The highest BCUT2D eigenvalue weighted by Crippen LogP contribution is 2.13. The number of ether oxygens (including phenoxy) is 1. The smallest absolute Gasteiger partial charge is 0.123 e. The van der Waals surface area contributed by atoms with Crippen LogP contribution in [0, 0.1) is 11.6 Å². The third kappa shape index (κ3) is 4.97. The molecule has 3 rings (SSSR count). The van der Waals surface area contributed by atoms with Gasteiger partial charge in [-0.3, -0.25) is 4.90 Å². The van der Waals surface area contributed by atoms with Gasteiger partial charge in [0.15, 0.2) is 0 Å². The third-order valence-corrected chi connectivity index (χ3v) is 4.06. The molecule has 6 heteroatoms. The van der Waals surface area contributed by atoms with E-state index in [9.17, 15) is 8.78 Å². The fraction of sp³-hybridized carbons (Fsp3) is 0.250. The van der Waals surface area contributed by atoms with Crippen molar-refractivity contribution in [3.63, 3.8) is 0 Å². The van der Waals surface area contributed by atoms with Gasteiger partial charge < -0.3 is 4.74 Å². The minimum absolute atomic E-state index is 0.238. The SMILES string of the molecule is COCCN(Cc1ccc(F)cc1)Cc1cnn(-c2ccc(F)cc2)c1. The van der Waals surface area contributed by atoms with Crippen molar-refractivity contribution in [2.24, 2.45) is 0 Å². The number of benzene rings is 2. The summed E-state index contributed by atoms with van der Waals surface area (Å²) in [7, 11) is 1.67. The van der Waals surface area contributed by atoms with E-state index >= 15 is 0 Å². The first kappa shape index (κ1) is 18.2. The lowest BCUT2D eigenvalue weighted by Gasteiger charge is -2.21. The van der Waals surface area contributed by atoms with Crippen LogP contribution in [0.25, 0.3) is 5.69 Å². The van der Waals surface area contributed by atoms with Crippen molar-refractivity contribution in [3.8, 4) is 5.69 Å². The molecule has 3 aromatic rings. The van der Waals surface area contributed by atoms with E-state index in [4.69, 9.17) is 4.74 Å². The van der Waals surface area contributed by atoms with Gasteiger partial charge in [0.2, 0.25) is 0 Å². The van der Waals surface area contributed by atoms with Crippen LogP contribution < -0.4 is 0 Å². The number of aromatic nitrogens is 2. The zero-order chi connectivity index (χ0) is 18.4. The molecule has 0 saturated carbocycles. The minimum atomic E-state index is -0.272. The van der Waals surface area contributed by atoms with Gasteiger partial charge >= 0.3 is 0 Å². The zero-order valence-corrected chi connectivity index (χ0v) is 14.6. The van der Waals surface area contributed by atoms with Crippen LogP contribution in [0.3, 0.4) is 0 Å². The highest BCUT2D eigenvalue weighted by atomic mass is 19.1. The van der Waals surface area contributed by atoms with Gasteiger partial charge in [-0.15, -0.1) is 0 Å². The van der Waals surface area contributed by atoms with Gasteiger partial charge in [0, 0.05) is 38.5 Å². The summed E-state index contributed by atoms with van der Waals surface area (Å²) in [6, 6.07) is 12.7. The van der Waals surface area contributed by atoms with Gasteiger partial charge in [-0.2, -0.15) is 5.10 Å². The first-order chi connectivity index (χ1) is 12.6. The van der Waals surface area contributed by atoms with Gasteiger partial charge in [-0.05, 0) is 42.0 Å². The molecule has 2 aromatic carbocycles. The quantitative estimate of drug-likeness (QED) is 0.614. The van der Waals surface area contributed by atoms with Crippen molar-refractivity contribution >= 4 is 0 Å². The van der Waals surface area contributed by atoms with Gasteiger partial charge in [0.25, 0.3) is 0 Å². The van der Waals surface area contributed by atoms with Crippen LogP contribution in [-0.2, 0) is 17.8 Å². The molecule has 0 unspecified atom stereocenters. The molecule has 0 saturated heterocycles. The summed E-state index contributed by atoms with van der Waals surface area (Å²) in [6.07, 6.45) is 3.73. The largest absolute Gasteiger partial charge is 0.383 e. The fourth-order valence-electron chi connectivity index (χ4n) is 2.72. The molecule has 1 heterocycles. The van der Waals surface area contributed by atoms with Crippen LogP contribution in [0.1, 0.15) is 11.1 Å². The van der Waals surface area contributed by atoms with Crippen molar-refractivity contribution in [2.45, 2.75) is 13.1 Å². The predicted octanol–water partition coefficient (Wildman–Crippen LogP) is 3.80. The van der Waals surface area contributed by atoms with Crippen molar-refractivity contribution < 1.29 is 13.5 Å². The first-order valence-electron chi connectivity index (χ1n) is 8.39. The maximum Gasteiger partial charge on any atom is 0.123 e. The topological polar surface area (TPSA) is 30.3 Å². The van der Waals surface area contributed by atoms with Gasteiger partial charge in [-0.25, -0.2) is 13.5 Å². The lowest BCUT2D eigenvalue weighted by molar-refractivity contribution is 0.140. The molecule has 26 heavy (non-hydrogen) atoms. The monoisotopic (exact) mass is 357 g/mol. The van der Waals surface area contributed by atoms with E-state index in [1.165, 1.54) is 24.3 Å². The van der Waals surface area contributed by atoms with E-state index in [0.29, 0.717) is 19.7 Å². The second kappa shape index (κ2) is 8.69. The summed E-state index contributed by atoms with van der Waals surface area (Å²) < 4.78 is 33.1. The molecule has 0 aliphatic rings. The summed E-state index contributed by atoms with van der Waals surface area (Å²) in [5.74, 6) is -0.510. The number of methoxy groups -OCH3 is 1. The Bertz CT molecular complexity index is 816. The fourth-order valence-corrected chi connectivity index (χ4v) is 2.72. The molecule has 0 N–H and O–H groups in total. The van der Waals surface area contributed by atoms with Crippen LogP contribution >= 0.6 is 0 Å². The Morgan fingerprint density at radius 2 is 1.54 bits per heavy atom. The molecular weight excluding hydrogens is 336 g/mol. The van der Waals surface area contributed by atoms with Crippen LogP contribution in [-0.4, -0.2) is 34.9 Å². The normalized spacial score (nSPS) is 11.2. The molecule has 0 aliphatic heterocycles. The van der Waals surface area contributed by atoms with E-state index < -0.39 is 0 Å². The van der Waals surface area contributed by atoms with Crippen LogP contribution in [0.5, 0.6) is 0 Å². The van der Waals surface area contributed by atoms with Crippen LogP contribution in [0.4, 0.5) is 8.78 Å². The lowest BCUT2D eigenvalue weighted by atomic mass is 10.2. The number of halogens is 2. The molecular formula is C20H21F2N3O. The molecule has 0 atom stereocenters. The number of rotatable bonds is 8. The Balaban J connectivity index is 1.70. The number of hydrogen-bond donors (Lipinski definition) is 0. The summed E-state index contributed by atoms with van der Waals surface area (Å²) in [6.45, 7) is 2.72. The molecule has 4 nitrogen and oxygen atoms in total. The Hall–Kier alpha value is -2.57. The summed E-state index contributed by atoms with van der Waals surface area (Å²) in [4.78, 5) is 2.21. The van der Waals surface area contributed by atoms with Crippen LogP contribution in [0.2, 0.25) is 0 Å². The van der Waals surface area contributed by atoms with E-state index in [1.807, 2.05) is 6.20 Å². The Morgan fingerprint density at radius 3 is 2.19 bits per heavy atom. The van der Waals surface area contributed by atoms with Crippen molar-refractivity contribution in [1.29, 1.82) is 0 Å². The summed E-state index contributed by atoms with van der Waals surface area (Å²) >= 11 is 0. The van der Waals surface area contributed by atoms with E-state index in [-0.39, 0.29) is 11.6 Å². The molecule has 0 aliphatic carbocycles. The molecule has 0 bridgehead atoms.